The predicted molar refractivity (Wildman–Crippen MR) is 72.6 cm³/mol. The zero-order chi connectivity index (χ0) is 14.8. The van der Waals surface area contributed by atoms with E-state index in [0.717, 1.165) is 11.8 Å². The summed E-state index contributed by atoms with van der Waals surface area (Å²) in [5, 5.41) is 9.61. The molecule has 4 atom stereocenters. The van der Waals surface area contributed by atoms with Gasteiger partial charge in [-0.15, -0.1) is 0 Å². The predicted octanol–water partition coefficient (Wildman–Crippen LogP) is 2.31. The fourth-order valence-electron chi connectivity index (χ4n) is 3.36. The molecule has 0 aromatic heterocycles. The smallest absolute Gasteiger partial charge is 0.326 e. The van der Waals surface area contributed by atoms with E-state index in [9.17, 15) is 14.9 Å². The minimum absolute atomic E-state index is 0.0311. The first-order valence-corrected chi connectivity index (χ1v) is 6.60. The summed E-state index contributed by atoms with van der Waals surface area (Å²) in [6, 6.07) is 11.4. The Hall–Kier alpha value is -2.15. The van der Waals surface area contributed by atoms with Gasteiger partial charge in [-0.2, -0.15) is 5.26 Å². The number of rotatable bonds is 3. The Morgan fingerprint density at radius 3 is 2.60 bits per heavy atom. The highest BCUT2D eigenvalue weighted by atomic mass is 16.5. The van der Waals surface area contributed by atoms with Gasteiger partial charge in [-0.3, -0.25) is 4.79 Å². The highest BCUT2D eigenvalue weighted by Gasteiger charge is 2.58. The molecule has 0 radical (unpaired) electrons. The molecular formula is C16H17NO3. The molecule has 0 unspecified atom stereocenters. The van der Waals surface area contributed by atoms with Gasteiger partial charge in [0.15, 0.2) is 5.41 Å². The van der Waals surface area contributed by atoms with E-state index in [1.54, 1.807) is 0 Å². The summed E-state index contributed by atoms with van der Waals surface area (Å²) in [6.07, 6.45) is 1.21. The first kappa shape index (κ1) is 14.3. The Bertz CT molecular complexity index is 549. The van der Waals surface area contributed by atoms with Crippen molar-refractivity contribution >= 4 is 12.3 Å². The third kappa shape index (κ3) is 2.00. The Kier molecular flexibility index (Phi) is 3.89. The molecule has 4 heteroatoms. The van der Waals surface area contributed by atoms with E-state index in [1.807, 2.05) is 37.3 Å². The second-order valence-electron chi connectivity index (χ2n) is 5.36. The van der Waals surface area contributed by atoms with Crippen LogP contribution in [0.3, 0.4) is 0 Å². The second kappa shape index (κ2) is 5.46. The van der Waals surface area contributed by atoms with Crippen LogP contribution < -0.4 is 0 Å². The largest absolute Gasteiger partial charge is 0.468 e. The molecule has 1 aromatic carbocycles. The summed E-state index contributed by atoms with van der Waals surface area (Å²) in [5.41, 5.74) is -0.443. The Morgan fingerprint density at radius 1 is 1.45 bits per heavy atom. The zero-order valence-electron chi connectivity index (χ0n) is 11.6. The van der Waals surface area contributed by atoms with Crippen molar-refractivity contribution in [1.82, 2.24) is 0 Å². The number of carbonyl (C=O) groups is 2. The lowest BCUT2D eigenvalue weighted by atomic mass is 9.73. The van der Waals surface area contributed by atoms with Crippen LogP contribution >= 0.6 is 0 Å². The maximum atomic E-state index is 12.2. The standard InChI is InChI=1S/C16H17NO3/c1-11-8-16(10-17,15(19)20-2)14(13(11)9-18)12-6-4-3-5-7-12/h3-7,9,11,13-14H,8H2,1-2H3/t11-,13-,14-,16+/m1/s1. The van der Waals surface area contributed by atoms with Gasteiger partial charge in [0.05, 0.1) is 13.2 Å². The molecule has 4 nitrogen and oxygen atoms in total. The highest BCUT2D eigenvalue weighted by Crippen LogP contribution is 2.55. The summed E-state index contributed by atoms with van der Waals surface area (Å²) in [6.45, 7) is 1.90. The number of hydrogen-bond donors (Lipinski definition) is 0. The molecule has 1 aliphatic rings. The number of methoxy groups -OCH3 is 1. The number of carbonyl (C=O) groups excluding carboxylic acids is 2. The van der Waals surface area contributed by atoms with Gasteiger partial charge in [-0.25, -0.2) is 0 Å². The van der Waals surface area contributed by atoms with E-state index in [1.165, 1.54) is 7.11 Å². The van der Waals surface area contributed by atoms with Gasteiger partial charge in [-0.1, -0.05) is 37.3 Å². The van der Waals surface area contributed by atoms with Crippen molar-refractivity contribution < 1.29 is 14.3 Å². The molecular weight excluding hydrogens is 254 g/mol. The van der Waals surface area contributed by atoms with Gasteiger partial charge >= 0.3 is 5.97 Å². The molecule has 0 amide bonds. The van der Waals surface area contributed by atoms with E-state index in [-0.39, 0.29) is 11.8 Å². The molecule has 0 saturated heterocycles. The van der Waals surface area contributed by atoms with Crippen molar-refractivity contribution in [2.45, 2.75) is 19.3 Å². The molecule has 0 N–H and O–H groups in total. The van der Waals surface area contributed by atoms with Crippen molar-refractivity contribution in [3.63, 3.8) is 0 Å². The number of benzene rings is 1. The Balaban J connectivity index is 2.59. The van der Waals surface area contributed by atoms with E-state index < -0.39 is 17.3 Å². The quantitative estimate of drug-likeness (QED) is 0.625. The monoisotopic (exact) mass is 271 g/mol. The molecule has 1 saturated carbocycles. The molecule has 0 heterocycles. The first-order chi connectivity index (χ1) is 9.60. The minimum atomic E-state index is -1.28. The molecule has 2 rings (SSSR count). The molecule has 1 aliphatic carbocycles. The molecule has 104 valence electrons. The number of aldehydes is 1. The summed E-state index contributed by atoms with van der Waals surface area (Å²) >= 11 is 0. The average Bonchev–Trinajstić information content (AvgIpc) is 2.80. The topological polar surface area (TPSA) is 67.2 Å². The van der Waals surface area contributed by atoms with Crippen LogP contribution in [0.1, 0.15) is 24.8 Å². The van der Waals surface area contributed by atoms with Crippen LogP contribution in [0, 0.1) is 28.6 Å². The lowest BCUT2D eigenvalue weighted by Crippen LogP contribution is -2.35. The molecule has 1 aromatic rings. The third-order valence-corrected chi connectivity index (χ3v) is 4.28. The normalized spacial score (nSPS) is 32.4. The molecule has 20 heavy (non-hydrogen) atoms. The lowest BCUT2D eigenvalue weighted by Gasteiger charge is -2.27. The Labute approximate surface area is 118 Å². The van der Waals surface area contributed by atoms with E-state index >= 15 is 0 Å². The Morgan fingerprint density at radius 2 is 2.10 bits per heavy atom. The third-order valence-electron chi connectivity index (χ3n) is 4.28. The number of nitriles is 1. The van der Waals surface area contributed by atoms with Crippen molar-refractivity contribution in [2.24, 2.45) is 17.3 Å². The highest BCUT2D eigenvalue weighted by molar-refractivity contribution is 5.83. The SMILES string of the molecule is COC(=O)[C@]1(C#N)C[C@@H](C)[C@@H](C=O)[C@H]1c1ccccc1. The van der Waals surface area contributed by atoms with Crippen molar-refractivity contribution in [3.05, 3.63) is 35.9 Å². The number of esters is 1. The molecule has 0 bridgehead atoms. The van der Waals surface area contributed by atoms with Gasteiger partial charge in [0.25, 0.3) is 0 Å². The van der Waals surface area contributed by atoms with E-state index in [0.29, 0.717) is 6.42 Å². The molecule has 0 spiro atoms. The summed E-state index contributed by atoms with van der Waals surface area (Å²) < 4.78 is 4.84. The van der Waals surface area contributed by atoms with Crippen LogP contribution in [-0.2, 0) is 14.3 Å². The molecule has 0 aliphatic heterocycles. The number of ether oxygens (including phenoxy) is 1. The molecule has 1 fully saturated rings. The second-order valence-corrected chi connectivity index (χ2v) is 5.36. The van der Waals surface area contributed by atoms with Gasteiger partial charge in [0.2, 0.25) is 0 Å². The van der Waals surface area contributed by atoms with Crippen molar-refractivity contribution in [2.75, 3.05) is 7.11 Å². The van der Waals surface area contributed by atoms with Crippen molar-refractivity contribution in [1.29, 1.82) is 5.26 Å². The van der Waals surface area contributed by atoms with Crippen LogP contribution in [0.5, 0.6) is 0 Å². The number of hydrogen-bond acceptors (Lipinski definition) is 4. The van der Waals surface area contributed by atoms with Crippen LogP contribution in [-0.4, -0.2) is 19.4 Å². The van der Waals surface area contributed by atoms with E-state index in [2.05, 4.69) is 6.07 Å². The van der Waals surface area contributed by atoms with Gasteiger partial charge in [-0.05, 0) is 17.9 Å². The summed E-state index contributed by atoms with van der Waals surface area (Å²) in [4.78, 5) is 23.7. The fraction of sp³-hybridized carbons (Fsp3) is 0.438. The number of nitrogens with zero attached hydrogens (tertiary/aromatic N) is 1. The van der Waals surface area contributed by atoms with Crippen LogP contribution in [0.25, 0.3) is 0 Å². The van der Waals surface area contributed by atoms with Crippen LogP contribution in [0.4, 0.5) is 0 Å². The van der Waals surface area contributed by atoms with Gasteiger partial charge in [0, 0.05) is 11.8 Å². The zero-order valence-corrected chi connectivity index (χ0v) is 11.6. The maximum absolute atomic E-state index is 12.2. The average molecular weight is 271 g/mol. The summed E-state index contributed by atoms with van der Waals surface area (Å²) in [5.74, 6) is -1.38. The minimum Gasteiger partial charge on any atom is -0.468 e. The first-order valence-electron chi connectivity index (χ1n) is 6.60. The van der Waals surface area contributed by atoms with Crippen molar-refractivity contribution in [3.8, 4) is 6.07 Å². The maximum Gasteiger partial charge on any atom is 0.326 e. The summed E-state index contributed by atoms with van der Waals surface area (Å²) in [7, 11) is 1.28. The van der Waals surface area contributed by atoms with Gasteiger partial charge < -0.3 is 9.53 Å². The fourth-order valence-corrected chi connectivity index (χ4v) is 3.36. The van der Waals surface area contributed by atoms with Crippen LogP contribution in [0.15, 0.2) is 30.3 Å². The lowest BCUT2D eigenvalue weighted by molar-refractivity contribution is -0.150. The van der Waals surface area contributed by atoms with Gasteiger partial charge in [0.1, 0.15) is 6.29 Å². The van der Waals surface area contributed by atoms with E-state index in [4.69, 9.17) is 4.74 Å². The van der Waals surface area contributed by atoms with Crippen LogP contribution in [0.2, 0.25) is 0 Å².